The van der Waals surface area contributed by atoms with Crippen LogP contribution < -0.4 is 0 Å². The first-order valence-electron chi connectivity index (χ1n) is 6.41. The molecule has 0 aromatic rings. The molecule has 0 aliphatic heterocycles. The molecule has 1 unspecified atom stereocenters. The molecule has 0 radical (unpaired) electrons. The highest BCUT2D eigenvalue weighted by atomic mass is 16.5. The van der Waals surface area contributed by atoms with Crippen molar-refractivity contribution in [3.8, 4) is 0 Å². The molecule has 0 bridgehead atoms. The highest BCUT2D eigenvalue weighted by Crippen LogP contribution is 2.50. The van der Waals surface area contributed by atoms with Crippen molar-refractivity contribution >= 4 is 5.97 Å². The summed E-state index contributed by atoms with van der Waals surface area (Å²) in [6.07, 6.45) is 3.19. The lowest BCUT2D eigenvalue weighted by atomic mass is 9.81. The third-order valence-electron chi connectivity index (χ3n) is 4.08. The topological polar surface area (TPSA) is 26.3 Å². The number of ether oxygens (including phenoxy) is 1. The summed E-state index contributed by atoms with van der Waals surface area (Å²) >= 11 is 0. The second-order valence-corrected chi connectivity index (χ2v) is 6.60. The highest BCUT2D eigenvalue weighted by Gasteiger charge is 2.49. The molecule has 1 atom stereocenters. The molecular formula is C14H26O2. The van der Waals surface area contributed by atoms with Crippen LogP contribution in [0.3, 0.4) is 0 Å². The number of hydrogen-bond donors (Lipinski definition) is 0. The molecule has 1 saturated carbocycles. The molecule has 0 aromatic carbocycles. The zero-order chi connectivity index (χ0) is 12.6. The molecule has 0 spiro atoms. The van der Waals surface area contributed by atoms with Crippen LogP contribution in [0.2, 0.25) is 0 Å². The third kappa shape index (κ3) is 2.58. The molecule has 94 valence electrons. The van der Waals surface area contributed by atoms with E-state index < -0.39 is 0 Å². The maximum atomic E-state index is 11.9. The van der Waals surface area contributed by atoms with E-state index in [1.165, 1.54) is 0 Å². The average molecular weight is 226 g/mol. The fourth-order valence-electron chi connectivity index (χ4n) is 2.68. The van der Waals surface area contributed by atoms with Gasteiger partial charge in [-0.15, -0.1) is 0 Å². The molecule has 16 heavy (non-hydrogen) atoms. The predicted octanol–water partition coefficient (Wildman–Crippen LogP) is 3.79. The Morgan fingerprint density at radius 1 is 1.25 bits per heavy atom. The lowest BCUT2D eigenvalue weighted by molar-refractivity contribution is -0.164. The van der Waals surface area contributed by atoms with E-state index in [9.17, 15) is 4.79 Å². The molecule has 1 aliphatic rings. The number of carbonyl (C=O) groups is 1. The van der Waals surface area contributed by atoms with Crippen molar-refractivity contribution < 1.29 is 9.53 Å². The first kappa shape index (κ1) is 13.5. The van der Waals surface area contributed by atoms with Crippen molar-refractivity contribution in [2.45, 2.75) is 66.9 Å². The van der Waals surface area contributed by atoms with Crippen molar-refractivity contribution in [2.24, 2.45) is 16.7 Å². The number of esters is 1. The Bertz CT molecular complexity index is 250. The van der Waals surface area contributed by atoms with Gasteiger partial charge in [0, 0.05) is 10.8 Å². The van der Waals surface area contributed by atoms with Crippen LogP contribution in [0.1, 0.15) is 60.8 Å². The zero-order valence-corrected chi connectivity index (χ0v) is 11.6. The maximum absolute atomic E-state index is 11.9. The quantitative estimate of drug-likeness (QED) is 0.684. The summed E-state index contributed by atoms with van der Waals surface area (Å²) in [4.78, 5) is 11.9. The van der Waals surface area contributed by atoms with Crippen LogP contribution in [-0.2, 0) is 9.53 Å². The molecule has 1 fully saturated rings. The minimum atomic E-state index is -0.0319. The van der Waals surface area contributed by atoms with Crippen LogP contribution in [0.5, 0.6) is 0 Å². The van der Waals surface area contributed by atoms with E-state index in [0.717, 1.165) is 19.3 Å². The SMILES string of the molecule is CCC(C)C(=O)OC1C(C)(C)CCC1(C)C. The molecule has 0 aromatic heterocycles. The Balaban J connectivity index is 2.74. The number of hydrogen-bond acceptors (Lipinski definition) is 2. The van der Waals surface area contributed by atoms with Gasteiger partial charge in [-0.1, -0.05) is 41.5 Å². The van der Waals surface area contributed by atoms with Gasteiger partial charge in [-0.25, -0.2) is 0 Å². The Morgan fingerprint density at radius 2 is 1.69 bits per heavy atom. The van der Waals surface area contributed by atoms with E-state index >= 15 is 0 Å². The van der Waals surface area contributed by atoms with Gasteiger partial charge in [-0.3, -0.25) is 4.79 Å². The van der Waals surface area contributed by atoms with Crippen molar-refractivity contribution in [3.63, 3.8) is 0 Å². The lowest BCUT2D eigenvalue weighted by Crippen LogP contribution is -2.39. The predicted molar refractivity (Wildman–Crippen MR) is 66.1 cm³/mol. The van der Waals surface area contributed by atoms with Crippen molar-refractivity contribution in [1.29, 1.82) is 0 Å². The zero-order valence-electron chi connectivity index (χ0n) is 11.6. The molecule has 0 saturated heterocycles. The fraction of sp³-hybridized carbons (Fsp3) is 0.929. The number of rotatable bonds is 3. The van der Waals surface area contributed by atoms with Gasteiger partial charge in [0.25, 0.3) is 0 Å². The Hall–Kier alpha value is -0.530. The molecule has 0 N–H and O–H groups in total. The van der Waals surface area contributed by atoms with E-state index in [-0.39, 0.29) is 28.8 Å². The van der Waals surface area contributed by atoms with E-state index in [4.69, 9.17) is 4.74 Å². The third-order valence-corrected chi connectivity index (χ3v) is 4.08. The Kier molecular flexibility index (Phi) is 3.71. The van der Waals surface area contributed by atoms with Crippen LogP contribution in [0, 0.1) is 16.7 Å². The first-order valence-corrected chi connectivity index (χ1v) is 6.41. The van der Waals surface area contributed by atoms with Crippen LogP contribution in [0.4, 0.5) is 0 Å². The summed E-state index contributed by atoms with van der Waals surface area (Å²) in [5.74, 6) is -0.0113. The summed E-state index contributed by atoms with van der Waals surface area (Å²) in [7, 11) is 0. The Labute approximate surface area is 99.8 Å². The fourth-order valence-corrected chi connectivity index (χ4v) is 2.68. The molecule has 2 heteroatoms. The van der Waals surface area contributed by atoms with E-state index in [1.807, 2.05) is 13.8 Å². The summed E-state index contributed by atoms with van der Waals surface area (Å²) < 4.78 is 5.76. The molecule has 0 heterocycles. The summed E-state index contributed by atoms with van der Waals surface area (Å²) in [6.45, 7) is 12.8. The van der Waals surface area contributed by atoms with Gasteiger partial charge in [0.2, 0.25) is 0 Å². The molecule has 0 amide bonds. The second kappa shape index (κ2) is 4.38. The van der Waals surface area contributed by atoms with Crippen molar-refractivity contribution in [2.75, 3.05) is 0 Å². The van der Waals surface area contributed by atoms with Gasteiger partial charge < -0.3 is 4.74 Å². The Morgan fingerprint density at radius 3 is 2.06 bits per heavy atom. The lowest BCUT2D eigenvalue weighted by Gasteiger charge is -2.35. The van der Waals surface area contributed by atoms with Gasteiger partial charge in [0.15, 0.2) is 0 Å². The minimum absolute atomic E-state index is 0.0206. The van der Waals surface area contributed by atoms with Crippen LogP contribution in [-0.4, -0.2) is 12.1 Å². The number of carbonyl (C=O) groups excluding carboxylic acids is 1. The van der Waals surface area contributed by atoms with E-state index in [1.54, 1.807) is 0 Å². The van der Waals surface area contributed by atoms with Gasteiger partial charge in [0.1, 0.15) is 6.10 Å². The van der Waals surface area contributed by atoms with Gasteiger partial charge >= 0.3 is 5.97 Å². The normalized spacial score (nSPS) is 25.4. The minimum Gasteiger partial charge on any atom is -0.461 e. The van der Waals surface area contributed by atoms with Gasteiger partial charge in [0.05, 0.1) is 5.92 Å². The summed E-state index contributed by atoms with van der Waals surface area (Å²) in [6, 6.07) is 0. The van der Waals surface area contributed by atoms with Crippen molar-refractivity contribution in [1.82, 2.24) is 0 Å². The first-order chi connectivity index (χ1) is 7.20. The molecule has 1 aliphatic carbocycles. The summed E-state index contributed by atoms with van der Waals surface area (Å²) in [5, 5.41) is 0. The molecular weight excluding hydrogens is 200 g/mol. The largest absolute Gasteiger partial charge is 0.461 e. The maximum Gasteiger partial charge on any atom is 0.308 e. The van der Waals surface area contributed by atoms with Gasteiger partial charge in [-0.05, 0) is 19.3 Å². The molecule has 2 nitrogen and oxygen atoms in total. The molecule has 1 rings (SSSR count). The van der Waals surface area contributed by atoms with Crippen LogP contribution in [0.15, 0.2) is 0 Å². The van der Waals surface area contributed by atoms with Crippen molar-refractivity contribution in [3.05, 3.63) is 0 Å². The second-order valence-electron chi connectivity index (χ2n) is 6.60. The average Bonchev–Trinajstić information content (AvgIpc) is 2.40. The highest BCUT2D eigenvalue weighted by molar-refractivity contribution is 5.72. The monoisotopic (exact) mass is 226 g/mol. The van der Waals surface area contributed by atoms with Crippen LogP contribution in [0.25, 0.3) is 0 Å². The van der Waals surface area contributed by atoms with E-state index in [0.29, 0.717) is 0 Å². The summed E-state index contributed by atoms with van der Waals surface area (Å²) in [5.41, 5.74) is 0.235. The van der Waals surface area contributed by atoms with Gasteiger partial charge in [-0.2, -0.15) is 0 Å². The smallest absolute Gasteiger partial charge is 0.308 e. The van der Waals surface area contributed by atoms with Crippen LogP contribution >= 0.6 is 0 Å². The standard InChI is InChI=1S/C14H26O2/c1-7-10(2)11(15)16-12-13(3,4)8-9-14(12,5)6/h10,12H,7-9H2,1-6H3. The van der Waals surface area contributed by atoms with E-state index in [2.05, 4.69) is 27.7 Å².